The number of rotatable bonds is 6. The zero-order valence-corrected chi connectivity index (χ0v) is 12.4. The van der Waals surface area contributed by atoms with Gasteiger partial charge in [0.25, 0.3) is 0 Å². The van der Waals surface area contributed by atoms with Crippen molar-refractivity contribution in [3.8, 4) is 0 Å². The molecule has 1 aromatic carbocycles. The van der Waals surface area contributed by atoms with Gasteiger partial charge in [-0.05, 0) is 42.9 Å². The van der Waals surface area contributed by atoms with Crippen LogP contribution in [-0.2, 0) is 0 Å². The van der Waals surface area contributed by atoms with E-state index in [0.717, 1.165) is 0 Å². The summed E-state index contributed by atoms with van der Waals surface area (Å²) in [5.41, 5.74) is 4.12. The lowest BCUT2D eigenvalue weighted by Gasteiger charge is -2.20. The molecule has 19 heavy (non-hydrogen) atoms. The summed E-state index contributed by atoms with van der Waals surface area (Å²) in [6.45, 7) is 6.79. The van der Waals surface area contributed by atoms with Crippen molar-refractivity contribution in [2.75, 3.05) is 0 Å². The summed E-state index contributed by atoms with van der Waals surface area (Å²) in [5.74, 6) is 0.670. The summed E-state index contributed by atoms with van der Waals surface area (Å²) in [6, 6.07) is 8.66. The highest BCUT2D eigenvalue weighted by atomic mass is 14.7. The van der Waals surface area contributed by atoms with E-state index < -0.39 is 0 Å². The van der Waals surface area contributed by atoms with Crippen molar-refractivity contribution in [1.82, 2.24) is 4.98 Å². The summed E-state index contributed by atoms with van der Waals surface area (Å²) in [7, 11) is 0. The first-order valence-electron chi connectivity index (χ1n) is 7.62. The molecule has 0 aliphatic carbocycles. The van der Waals surface area contributed by atoms with Gasteiger partial charge in [-0.1, -0.05) is 51.3 Å². The molecule has 0 aliphatic rings. The Morgan fingerprint density at radius 2 is 1.89 bits per heavy atom. The molecule has 1 atom stereocenters. The molecular formula is C18H25N. The van der Waals surface area contributed by atoms with Crippen molar-refractivity contribution < 1.29 is 0 Å². The molecule has 102 valence electrons. The van der Waals surface area contributed by atoms with Crippen LogP contribution < -0.4 is 0 Å². The normalized spacial score (nSPS) is 12.8. The maximum Gasteiger partial charge on any atom is 0.0739 e. The Morgan fingerprint density at radius 1 is 1.05 bits per heavy atom. The summed E-state index contributed by atoms with van der Waals surface area (Å²) < 4.78 is 0. The minimum atomic E-state index is 0.670. The zero-order valence-electron chi connectivity index (χ0n) is 12.4. The van der Waals surface area contributed by atoms with Gasteiger partial charge >= 0.3 is 0 Å². The van der Waals surface area contributed by atoms with E-state index in [4.69, 9.17) is 0 Å². The lowest BCUT2D eigenvalue weighted by Crippen LogP contribution is -2.03. The second-order valence-electron chi connectivity index (χ2n) is 5.50. The number of benzene rings is 1. The summed E-state index contributed by atoms with van der Waals surface area (Å²) in [6.07, 6.45) is 8.33. The molecule has 1 heterocycles. The topological polar surface area (TPSA) is 12.9 Å². The molecule has 2 rings (SSSR count). The van der Waals surface area contributed by atoms with Crippen LogP contribution in [0.4, 0.5) is 0 Å². The number of fused-ring (bicyclic) bond motifs is 1. The van der Waals surface area contributed by atoms with Gasteiger partial charge in [0.1, 0.15) is 0 Å². The van der Waals surface area contributed by atoms with Gasteiger partial charge in [-0.15, -0.1) is 0 Å². The van der Waals surface area contributed by atoms with Gasteiger partial charge in [-0.25, -0.2) is 0 Å². The maximum absolute atomic E-state index is 4.65. The van der Waals surface area contributed by atoms with Crippen LogP contribution >= 0.6 is 0 Å². The smallest absolute Gasteiger partial charge is 0.0739 e. The van der Waals surface area contributed by atoms with Crippen molar-refractivity contribution in [3.63, 3.8) is 0 Å². The van der Waals surface area contributed by atoms with E-state index in [9.17, 15) is 0 Å². The Labute approximate surface area is 117 Å². The van der Waals surface area contributed by atoms with E-state index in [1.807, 2.05) is 12.3 Å². The third-order valence-corrected chi connectivity index (χ3v) is 3.98. The Hall–Kier alpha value is -1.37. The van der Waals surface area contributed by atoms with Crippen molar-refractivity contribution >= 4 is 10.9 Å². The molecule has 1 nitrogen and oxygen atoms in total. The molecule has 0 saturated heterocycles. The third-order valence-electron chi connectivity index (χ3n) is 3.98. The van der Waals surface area contributed by atoms with E-state index in [1.165, 1.54) is 54.1 Å². The van der Waals surface area contributed by atoms with E-state index >= 15 is 0 Å². The fourth-order valence-corrected chi connectivity index (χ4v) is 3.02. The minimum Gasteiger partial charge on any atom is -0.256 e. The van der Waals surface area contributed by atoms with E-state index in [1.54, 1.807) is 0 Å². The molecule has 0 bridgehead atoms. The molecule has 1 aromatic heterocycles. The largest absolute Gasteiger partial charge is 0.256 e. The number of nitrogens with zero attached hydrogens (tertiary/aromatic N) is 1. The molecule has 0 saturated carbocycles. The molecule has 1 unspecified atom stereocenters. The first kappa shape index (κ1) is 14.0. The van der Waals surface area contributed by atoms with E-state index in [-0.39, 0.29) is 0 Å². The predicted octanol–water partition coefficient (Wildman–Crippen LogP) is 5.62. The van der Waals surface area contributed by atoms with Crippen LogP contribution in [0.2, 0.25) is 0 Å². The molecule has 0 aliphatic heterocycles. The van der Waals surface area contributed by atoms with Crippen LogP contribution in [0, 0.1) is 6.92 Å². The Bertz CT molecular complexity index is 530. The van der Waals surface area contributed by atoms with Gasteiger partial charge in [0, 0.05) is 11.6 Å². The number of aromatic nitrogens is 1. The van der Waals surface area contributed by atoms with Crippen LogP contribution in [0.5, 0.6) is 0 Å². The number of hydrogen-bond acceptors (Lipinski definition) is 1. The van der Waals surface area contributed by atoms with Crippen LogP contribution in [0.25, 0.3) is 10.9 Å². The molecule has 0 spiro atoms. The van der Waals surface area contributed by atoms with Gasteiger partial charge in [0.15, 0.2) is 0 Å². The van der Waals surface area contributed by atoms with Crippen molar-refractivity contribution in [1.29, 1.82) is 0 Å². The number of aryl methyl sites for hydroxylation is 1. The monoisotopic (exact) mass is 255 g/mol. The number of pyridine rings is 1. The second-order valence-corrected chi connectivity index (χ2v) is 5.50. The fraction of sp³-hybridized carbons (Fsp3) is 0.500. The highest BCUT2D eigenvalue weighted by molar-refractivity contribution is 5.83. The molecular weight excluding hydrogens is 230 g/mol. The first-order chi connectivity index (χ1) is 9.27. The fourth-order valence-electron chi connectivity index (χ4n) is 3.02. The lowest BCUT2D eigenvalue weighted by atomic mass is 9.85. The van der Waals surface area contributed by atoms with Crippen molar-refractivity contribution in [2.45, 2.75) is 58.8 Å². The summed E-state index contributed by atoms with van der Waals surface area (Å²) >= 11 is 0. The standard InChI is InChI=1S/C18H25N/c1-4-6-9-15(8-5-2)17-14(3)11-12-16-10-7-13-19-18(16)17/h7,10-13,15H,4-6,8-9H2,1-3H3. The van der Waals surface area contributed by atoms with Crippen LogP contribution in [0.15, 0.2) is 30.5 Å². The summed E-state index contributed by atoms with van der Waals surface area (Å²) in [4.78, 5) is 4.65. The van der Waals surface area contributed by atoms with Gasteiger partial charge < -0.3 is 0 Å². The molecule has 2 aromatic rings. The third kappa shape index (κ3) is 3.15. The lowest BCUT2D eigenvalue weighted by molar-refractivity contribution is 0.541. The average molecular weight is 255 g/mol. The van der Waals surface area contributed by atoms with Crippen molar-refractivity contribution in [2.24, 2.45) is 0 Å². The predicted molar refractivity (Wildman–Crippen MR) is 83.7 cm³/mol. The Balaban J connectivity index is 2.47. The van der Waals surface area contributed by atoms with E-state index in [2.05, 4.69) is 44.0 Å². The Morgan fingerprint density at radius 3 is 2.63 bits per heavy atom. The second kappa shape index (κ2) is 6.70. The average Bonchev–Trinajstić information content (AvgIpc) is 2.44. The van der Waals surface area contributed by atoms with Gasteiger partial charge in [-0.3, -0.25) is 4.98 Å². The summed E-state index contributed by atoms with van der Waals surface area (Å²) in [5, 5.41) is 1.28. The van der Waals surface area contributed by atoms with Gasteiger partial charge in [-0.2, -0.15) is 0 Å². The van der Waals surface area contributed by atoms with Gasteiger partial charge in [0.2, 0.25) is 0 Å². The SMILES string of the molecule is CCCCC(CCC)c1c(C)ccc2cccnc12. The highest BCUT2D eigenvalue weighted by Crippen LogP contribution is 2.33. The minimum absolute atomic E-state index is 0.670. The molecule has 0 N–H and O–H groups in total. The first-order valence-corrected chi connectivity index (χ1v) is 7.62. The highest BCUT2D eigenvalue weighted by Gasteiger charge is 2.16. The van der Waals surface area contributed by atoms with Crippen LogP contribution in [0.1, 0.15) is 63.0 Å². The quantitative estimate of drug-likeness (QED) is 0.653. The maximum atomic E-state index is 4.65. The molecule has 1 heteroatoms. The number of hydrogen-bond donors (Lipinski definition) is 0. The van der Waals surface area contributed by atoms with Gasteiger partial charge in [0.05, 0.1) is 5.52 Å². The molecule has 0 amide bonds. The molecule has 0 fully saturated rings. The number of unbranched alkanes of at least 4 members (excludes halogenated alkanes) is 1. The van der Waals surface area contributed by atoms with Crippen LogP contribution in [0.3, 0.4) is 0 Å². The molecule has 0 radical (unpaired) electrons. The van der Waals surface area contributed by atoms with Crippen LogP contribution in [-0.4, -0.2) is 4.98 Å². The van der Waals surface area contributed by atoms with E-state index in [0.29, 0.717) is 5.92 Å². The Kier molecular flexibility index (Phi) is 4.95. The van der Waals surface area contributed by atoms with Crippen molar-refractivity contribution in [3.05, 3.63) is 41.6 Å². The zero-order chi connectivity index (χ0) is 13.7.